The second kappa shape index (κ2) is 4.76. The molecule has 1 aromatic heterocycles. The Balaban J connectivity index is 1.87. The molecule has 1 aliphatic rings. The Bertz CT molecular complexity index is 384. The van der Waals surface area contributed by atoms with Gasteiger partial charge < -0.3 is 5.32 Å². The molecule has 0 saturated heterocycles. The fraction of sp³-hybridized carbons (Fsp3) is 0.583. The standard InChI is InChI=1S/C12H16ClNOS/c1-9-6-16-7-10(9)11(15)14-8-12(2-3-12)4-5-13/h6-7H,2-5,8H2,1H3,(H,14,15). The Kier molecular flexibility index (Phi) is 3.55. The second-order valence-electron chi connectivity index (χ2n) is 4.59. The fourth-order valence-electron chi connectivity index (χ4n) is 1.85. The van der Waals surface area contributed by atoms with Gasteiger partial charge in [-0.2, -0.15) is 11.3 Å². The van der Waals surface area contributed by atoms with Crippen LogP contribution in [0.4, 0.5) is 0 Å². The molecule has 2 nitrogen and oxygen atoms in total. The van der Waals surface area contributed by atoms with Crippen molar-refractivity contribution in [3.63, 3.8) is 0 Å². The number of nitrogens with one attached hydrogen (secondary N) is 1. The quantitative estimate of drug-likeness (QED) is 0.807. The fourth-order valence-corrected chi connectivity index (χ4v) is 3.08. The largest absolute Gasteiger partial charge is 0.351 e. The molecule has 0 unspecified atom stereocenters. The van der Waals surface area contributed by atoms with E-state index in [2.05, 4.69) is 5.32 Å². The van der Waals surface area contributed by atoms with Gasteiger partial charge in [0.1, 0.15) is 0 Å². The minimum absolute atomic E-state index is 0.0552. The molecule has 0 radical (unpaired) electrons. The molecule has 0 bridgehead atoms. The van der Waals surface area contributed by atoms with Crippen molar-refractivity contribution in [2.45, 2.75) is 26.2 Å². The maximum Gasteiger partial charge on any atom is 0.252 e. The zero-order valence-electron chi connectivity index (χ0n) is 9.38. The number of amides is 1. The molecule has 88 valence electrons. The van der Waals surface area contributed by atoms with Crippen molar-refractivity contribution in [1.29, 1.82) is 0 Å². The van der Waals surface area contributed by atoms with Crippen molar-refractivity contribution in [3.05, 3.63) is 21.9 Å². The molecule has 0 spiro atoms. The van der Waals surface area contributed by atoms with Gasteiger partial charge in [0.2, 0.25) is 0 Å². The van der Waals surface area contributed by atoms with Crippen LogP contribution in [0.1, 0.15) is 35.2 Å². The Labute approximate surface area is 105 Å². The van der Waals surface area contributed by atoms with Gasteiger partial charge in [-0.15, -0.1) is 11.6 Å². The highest BCUT2D eigenvalue weighted by Gasteiger charge is 2.41. The van der Waals surface area contributed by atoms with Gasteiger partial charge in [0.25, 0.3) is 5.91 Å². The Hall–Kier alpha value is -0.540. The summed E-state index contributed by atoms with van der Waals surface area (Å²) in [5.41, 5.74) is 2.18. The highest BCUT2D eigenvalue weighted by atomic mass is 35.5. The van der Waals surface area contributed by atoms with E-state index in [1.54, 1.807) is 11.3 Å². The molecule has 1 N–H and O–H groups in total. The third kappa shape index (κ3) is 2.58. The summed E-state index contributed by atoms with van der Waals surface area (Å²) in [6, 6.07) is 0. The van der Waals surface area contributed by atoms with E-state index < -0.39 is 0 Å². The molecule has 1 aromatic rings. The zero-order valence-corrected chi connectivity index (χ0v) is 11.0. The first-order valence-electron chi connectivity index (χ1n) is 5.54. The van der Waals surface area contributed by atoms with Crippen LogP contribution in [-0.2, 0) is 0 Å². The molecule has 2 rings (SSSR count). The van der Waals surface area contributed by atoms with E-state index in [-0.39, 0.29) is 5.91 Å². The number of hydrogen-bond donors (Lipinski definition) is 1. The van der Waals surface area contributed by atoms with Crippen LogP contribution in [0.5, 0.6) is 0 Å². The molecule has 0 atom stereocenters. The van der Waals surface area contributed by atoms with E-state index in [4.69, 9.17) is 11.6 Å². The van der Waals surface area contributed by atoms with Gasteiger partial charge in [-0.25, -0.2) is 0 Å². The maximum atomic E-state index is 11.9. The lowest BCUT2D eigenvalue weighted by atomic mass is 10.0. The predicted molar refractivity (Wildman–Crippen MR) is 68.4 cm³/mol. The average Bonchev–Trinajstić information content (AvgIpc) is 2.89. The Morgan fingerprint density at radius 1 is 1.56 bits per heavy atom. The van der Waals surface area contributed by atoms with Crippen LogP contribution in [-0.4, -0.2) is 18.3 Å². The lowest BCUT2D eigenvalue weighted by Crippen LogP contribution is -2.30. The highest BCUT2D eigenvalue weighted by Crippen LogP contribution is 2.48. The van der Waals surface area contributed by atoms with Crippen LogP contribution in [0.3, 0.4) is 0 Å². The van der Waals surface area contributed by atoms with E-state index in [1.165, 1.54) is 12.8 Å². The number of rotatable bonds is 5. The smallest absolute Gasteiger partial charge is 0.252 e. The number of alkyl halides is 1. The van der Waals surface area contributed by atoms with E-state index in [0.29, 0.717) is 11.3 Å². The summed E-state index contributed by atoms with van der Waals surface area (Å²) >= 11 is 7.33. The summed E-state index contributed by atoms with van der Waals surface area (Å²) < 4.78 is 0. The predicted octanol–water partition coefficient (Wildman–Crippen LogP) is 3.20. The van der Waals surface area contributed by atoms with Crippen molar-refractivity contribution < 1.29 is 4.79 Å². The summed E-state index contributed by atoms with van der Waals surface area (Å²) in [7, 11) is 0. The molecule has 1 amide bonds. The van der Waals surface area contributed by atoms with Crippen LogP contribution < -0.4 is 5.32 Å². The van der Waals surface area contributed by atoms with E-state index in [1.807, 2.05) is 17.7 Å². The van der Waals surface area contributed by atoms with Crippen LogP contribution >= 0.6 is 22.9 Å². The van der Waals surface area contributed by atoms with Gasteiger partial charge in [-0.1, -0.05) is 0 Å². The van der Waals surface area contributed by atoms with Gasteiger partial charge in [0.15, 0.2) is 0 Å². The summed E-state index contributed by atoms with van der Waals surface area (Å²) in [5.74, 6) is 0.743. The van der Waals surface area contributed by atoms with Gasteiger partial charge in [0.05, 0.1) is 5.56 Å². The molecule has 0 aromatic carbocycles. The lowest BCUT2D eigenvalue weighted by Gasteiger charge is -2.14. The molecular weight excluding hydrogens is 242 g/mol. The van der Waals surface area contributed by atoms with Crippen molar-refractivity contribution in [1.82, 2.24) is 5.32 Å². The number of halogens is 1. The van der Waals surface area contributed by atoms with Gasteiger partial charge in [-0.05, 0) is 42.5 Å². The topological polar surface area (TPSA) is 29.1 Å². The van der Waals surface area contributed by atoms with Crippen LogP contribution in [0.25, 0.3) is 0 Å². The molecule has 4 heteroatoms. The van der Waals surface area contributed by atoms with Crippen molar-refractivity contribution in [2.24, 2.45) is 5.41 Å². The van der Waals surface area contributed by atoms with Gasteiger partial charge >= 0.3 is 0 Å². The number of thiophene rings is 1. The van der Waals surface area contributed by atoms with Crippen molar-refractivity contribution >= 4 is 28.8 Å². The zero-order chi connectivity index (χ0) is 11.6. The van der Waals surface area contributed by atoms with Crippen molar-refractivity contribution in [3.8, 4) is 0 Å². The minimum atomic E-state index is 0.0552. The Morgan fingerprint density at radius 2 is 2.31 bits per heavy atom. The molecule has 1 heterocycles. The number of carbonyl (C=O) groups is 1. The van der Waals surface area contributed by atoms with Crippen LogP contribution in [0, 0.1) is 12.3 Å². The van der Waals surface area contributed by atoms with Gasteiger partial charge in [0, 0.05) is 17.8 Å². The third-order valence-corrected chi connectivity index (χ3v) is 4.36. The third-order valence-electron chi connectivity index (χ3n) is 3.31. The highest BCUT2D eigenvalue weighted by molar-refractivity contribution is 7.08. The molecule has 1 fully saturated rings. The summed E-state index contributed by atoms with van der Waals surface area (Å²) in [5, 5.41) is 6.93. The summed E-state index contributed by atoms with van der Waals surface area (Å²) in [6.07, 6.45) is 3.41. The summed E-state index contributed by atoms with van der Waals surface area (Å²) in [4.78, 5) is 11.9. The van der Waals surface area contributed by atoms with Crippen LogP contribution in [0.2, 0.25) is 0 Å². The molecule has 1 saturated carbocycles. The first-order chi connectivity index (χ1) is 7.67. The molecule has 16 heavy (non-hydrogen) atoms. The van der Waals surface area contributed by atoms with E-state index in [9.17, 15) is 4.79 Å². The number of carbonyl (C=O) groups excluding carboxylic acids is 1. The minimum Gasteiger partial charge on any atom is -0.351 e. The first-order valence-corrected chi connectivity index (χ1v) is 7.02. The van der Waals surface area contributed by atoms with E-state index >= 15 is 0 Å². The maximum absolute atomic E-state index is 11.9. The van der Waals surface area contributed by atoms with Crippen molar-refractivity contribution in [2.75, 3.05) is 12.4 Å². The lowest BCUT2D eigenvalue weighted by molar-refractivity contribution is 0.0944. The SMILES string of the molecule is Cc1cscc1C(=O)NCC1(CCCl)CC1. The molecule has 1 aliphatic carbocycles. The number of aryl methyl sites for hydroxylation is 1. The first kappa shape index (κ1) is 11.9. The molecular formula is C12H16ClNOS. The summed E-state index contributed by atoms with van der Waals surface area (Å²) in [6.45, 7) is 2.74. The van der Waals surface area contributed by atoms with Crippen LogP contribution in [0.15, 0.2) is 10.8 Å². The second-order valence-corrected chi connectivity index (χ2v) is 5.71. The Morgan fingerprint density at radius 3 is 2.81 bits per heavy atom. The normalized spacial score (nSPS) is 17.1. The van der Waals surface area contributed by atoms with Gasteiger partial charge in [-0.3, -0.25) is 4.79 Å². The average molecular weight is 258 g/mol. The monoisotopic (exact) mass is 257 g/mol. The molecule has 0 aliphatic heterocycles. The number of hydrogen-bond acceptors (Lipinski definition) is 2. The van der Waals surface area contributed by atoms with E-state index in [0.717, 1.165) is 24.1 Å².